The van der Waals surface area contributed by atoms with Gasteiger partial charge in [0.15, 0.2) is 0 Å². The molecule has 0 bridgehead atoms. The van der Waals surface area contributed by atoms with Crippen molar-refractivity contribution >= 4 is 35.1 Å². The van der Waals surface area contributed by atoms with Crippen LogP contribution in [0.1, 0.15) is 63.6 Å². The van der Waals surface area contributed by atoms with Crippen molar-refractivity contribution in [3.8, 4) is 6.07 Å². The lowest BCUT2D eigenvalue weighted by atomic mass is 10.0. The Labute approximate surface area is 254 Å². The molecule has 3 aromatic rings. The molecule has 11 heteroatoms. The molecule has 0 spiro atoms. The van der Waals surface area contributed by atoms with Gasteiger partial charge in [-0.05, 0) is 79.4 Å². The first kappa shape index (κ1) is 30.2. The van der Waals surface area contributed by atoms with Gasteiger partial charge < -0.3 is 25.5 Å². The molecule has 3 aromatic carbocycles. The average Bonchev–Trinajstić information content (AvgIpc) is 3.89. The topological polar surface area (TPSA) is 143 Å². The first-order chi connectivity index (χ1) is 21.2. The first-order valence-electron chi connectivity index (χ1n) is 14.5. The first-order valence-corrected chi connectivity index (χ1v) is 14.5. The summed E-state index contributed by atoms with van der Waals surface area (Å²) in [5.74, 6) is -2.32. The van der Waals surface area contributed by atoms with Crippen molar-refractivity contribution in [3.63, 3.8) is 0 Å². The van der Waals surface area contributed by atoms with Gasteiger partial charge in [-0.2, -0.15) is 5.26 Å². The summed E-state index contributed by atoms with van der Waals surface area (Å²) in [5, 5.41) is 24.2. The van der Waals surface area contributed by atoms with Crippen molar-refractivity contribution in [3.05, 3.63) is 94.8 Å². The molecule has 226 valence electrons. The second kappa shape index (κ2) is 13.4. The van der Waals surface area contributed by atoms with Crippen molar-refractivity contribution in [2.75, 3.05) is 36.4 Å². The minimum atomic E-state index is -1.14. The number of carbonyl (C=O) groups excluding carboxylic acids is 3. The van der Waals surface area contributed by atoms with E-state index in [-0.39, 0.29) is 17.4 Å². The van der Waals surface area contributed by atoms with Crippen molar-refractivity contribution in [1.82, 2.24) is 10.2 Å². The van der Waals surface area contributed by atoms with E-state index in [1.54, 1.807) is 12.1 Å². The molecule has 3 amide bonds. The third kappa shape index (κ3) is 7.39. The molecule has 1 unspecified atom stereocenters. The fourth-order valence-corrected chi connectivity index (χ4v) is 5.27. The molecular formula is C33H32FN5O5. The van der Waals surface area contributed by atoms with Crippen LogP contribution in [0.4, 0.5) is 15.8 Å². The third-order valence-corrected chi connectivity index (χ3v) is 7.81. The van der Waals surface area contributed by atoms with Gasteiger partial charge >= 0.3 is 5.97 Å². The molecule has 1 aliphatic heterocycles. The number of halogens is 1. The van der Waals surface area contributed by atoms with Gasteiger partial charge in [0.2, 0.25) is 5.91 Å². The fraction of sp³-hybridized carbons (Fsp3) is 0.303. The normalized spacial score (nSPS) is 15.5. The summed E-state index contributed by atoms with van der Waals surface area (Å²) in [4.78, 5) is 54.9. The van der Waals surface area contributed by atoms with Crippen LogP contribution in [0.15, 0.2) is 66.7 Å². The highest BCUT2D eigenvalue weighted by Crippen LogP contribution is 2.33. The zero-order chi connectivity index (χ0) is 31.2. The summed E-state index contributed by atoms with van der Waals surface area (Å²) < 4.78 is 13.5. The van der Waals surface area contributed by atoms with Crippen molar-refractivity contribution in [2.45, 2.75) is 31.7 Å². The number of nitrogens with one attached hydrogen (secondary N) is 2. The number of benzene rings is 3. The van der Waals surface area contributed by atoms with Gasteiger partial charge in [-0.15, -0.1) is 0 Å². The number of nitriles is 1. The molecule has 2 aliphatic rings. The Bertz CT molecular complexity index is 1600. The largest absolute Gasteiger partial charge is 0.481 e. The van der Waals surface area contributed by atoms with E-state index in [1.165, 1.54) is 54.6 Å². The SMILES string of the molecule is N#Cc1ccc(C(=O)Nc2cc(C(=O)NC(CC(=O)O)c3ccc(F)cc3)ccc2N2CCCN(C(=O)C3CC3)CC2)cc1. The number of amides is 3. The Morgan fingerprint density at radius 2 is 1.61 bits per heavy atom. The molecule has 10 nitrogen and oxygen atoms in total. The van der Waals surface area contributed by atoms with Gasteiger partial charge in [-0.25, -0.2) is 4.39 Å². The second-order valence-electron chi connectivity index (χ2n) is 11.0. The van der Waals surface area contributed by atoms with E-state index in [9.17, 15) is 28.7 Å². The van der Waals surface area contributed by atoms with Crippen LogP contribution in [0, 0.1) is 23.1 Å². The van der Waals surface area contributed by atoms with Gasteiger partial charge in [0.25, 0.3) is 11.8 Å². The van der Waals surface area contributed by atoms with E-state index in [2.05, 4.69) is 15.5 Å². The smallest absolute Gasteiger partial charge is 0.305 e. The summed E-state index contributed by atoms with van der Waals surface area (Å²) in [7, 11) is 0. The molecule has 0 aromatic heterocycles. The van der Waals surface area contributed by atoms with Gasteiger partial charge in [0, 0.05) is 43.2 Å². The summed E-state index contributed by atoms with van der Waals surface area (Å²) in [5.41, 5.74) is 2.38. The van der Waals surface area contributed by atoms with E-state index in [0.717, 1.165) is 19.3 Å². The number of aliphatic carboxylic acids is 1. The van der Waals surface area contributed by atoms with Crippen molar-refractivity contribution in [2.24, 2.45) is 5.92 Å². The standard InChI is InChI=1S/C33H32FN5O5/c34-26-11-8-22(9-12-26)27(19-30(40)41)36-32(43)25-10-13-29(38-14-1-15-39(17-16-38)33(44)24-6-7-24)28(18-25)37-31(42)23-4-2-21(20-35)3-5-23/h2-5,8-13,18,24,27H,1,6-7,14-17,19H2,(H,36,43)(H,37,42)(H,40,41). The highest BCUT2D eigenvalue weighted by molar-refractivity contribution is 6.07. The Hall–Kier alpha value is -5.24. The Kier molecular flexibility index (Phi) is 9.19. The maximum atomic E-state index is 13.5. The van der Waals surface area contributed by atoms with Gasteiger partial charge in [-0.1, -0.05) is 12.1 Å². The minimum Gasteiger partial charge on any atom is -0.481 e. The maximum absolute atomic E-state index is 13.5. The van der Waals surface area contributed by atoms with Crippen LogP contribution in [0.3, 0.4) is 0 Å². The molecule has 2 fully saturated rings. The minimum absolute atomic E-state index is 0.126. The fourth-order valence-electron chi connectivity index (χ4n) is 5.27. The number of carboxylic acid groups (broad SMARTS) is 1. The molecule has 3 N–H and O–H groups in total. The van der Waals surface area contributed by atoms with E-state index in [1.807, 2.05) is 11.0 Å². The van der Waals surface area contributed by atoms with E-state index < -0.39 is 36.1 Å². The predicted octanol–water partition coefficient (Wildman–Crippen LogP) is 4.34. The van der Waals surface area contributed by atoms with Gasteiger partial charge in [-0.3, -0.25) is 19.2 Å². The van der Waals surface area contributed by atoms with Crippen LogP contribution in [-0.2, 0) is 9.59 Å². The highest BCUT2D eigenvalue weighted by Gasteiger charge is 2.34. The molecule has 1 atom stereocenters. The Balaban J connectivity index is 1.41. The van der Waals surface area contributed by atoms with Crippen LogP contribution in [0.2, 0.25) is 0 Å². The second-order valence-corrected chi connectivity index (χ2v) is 11.0. The maximum Gasteiger partial charge on any atom is 0.305 e. The number of carboxylic acids is 1. The zero-order valence-corrected chi connectivity index (χ0v) is 24.0. The molecule has 1 aliphatic carbocycles. The lowest BCUT2D eigenvalue weighted by molar-refractivity contribution is -0.137. The summed E-state index contributed by atoms with van der Waals surface area (Å²) in [6.45, 7) is 2.35. The van der Waals surface area contributed by atoms with Crippen LogP contribution < -0.4 is 15.5 Å². The lowest BCUT2D eigenvalue weighted by Crippen LogP contribution is -2.36. The average molecular weight is 598 g/mol. The Morgan fingerprint density at radius 1 is 0.909 bits per heavy atom. The van der Waals surface area contributed by atoms with Gasteiger partial charge in [0.1, 0.15) is 5.82 Å². The van der Waals surface area contributed by atoms with E-state index in [4.69, 9.17) is 5.26 Å². The number of rotatable bonds is 9. The summed E-state index contributed by atoms with van der Waals surface area (Å²) in [6.07, 6.45) is 2.19. The van der Waals surface area contributed by atoms with Crippen LogP contribution in [0.5, 0.6) is 0 Å². The summed E-state index contributed by atoms with van der Waals surface area (Å²) >= 11 is 0. The number of hydrogen-bond donors (Lipinski definition) is 3. The van der Waals surface area contributed by atoms with Crippen molar-refractivity contribution < 1.29 is 28.7 Å². The van der Waals surface area contributed by atoms with E-state index >= 15 is 0 Å². The Morgan fingerprint density at radius 3 is 2.27 bits per heavy atom. The van der Waals surface area contributed by atoms with Crippen LogP contribution >= 0.6 is 0 Å². The monoisotopic (exact) mass is 597 g/mol. The quantitative estimate of drug-likeness (QED) is 0.333. The molecule has 1 heterocycles. The molecular weight excluding hydrogens is 565 g/mol. The van der Waals surface area contributed by atoms with Gasteiger partial charge in [0.05, 0.1) is 35.5 Å². The molecule has 0 radical (unpaired) electrons. The number of carbonyl (C=O) groups is 4. The molecule has 5 rings (SSSR count). The molecule has 1 saturated carbocycles. The summed E-state index contributed by atoms with van der Waals surface area (Å²) in [6, 6.07) is 17.4. The highest BCUT2D eigenvalue weighted by atomic mass is 19.1. The number of nitrogens with zero attached hydrogens (tertiary/aromatic N) is 3. The van der Waals surface area contributed by atoms with Crippen molar-refractivity contribution in [1.29, 1.82) is 5.26 Å². The third-order valence-electron chi connectivity index (χ3n) is 7.81. The number of hydrogen-bond acceptors (Lipinski definition) is 6. The zero-order valence-electron chi connectivity index (χ0n) is 24.0. The number of anilines is 2. The molecule has 1 saturated heterocycles. The predicted molar refractivity (Wildman–Crippen MR) is 161 cm³/mol. The van der Waals surface area contributed by atoms with Crippen LogP contribution in [-0.4, -0.2) is 59.9 Å². The molecule has 44 heavy (non-hydrogen) atoms. The van der Waals surface area contributed by atoms with E-state index in [0.29, 0.717) is 54.2 Å². The van der Waals surface area contributed by atoms with Crippen LogP contribution in [0.25, 0.3) is 0 Å². The lowest BCUT2D eigenvalue weighted by Gasteiger charge is -2.27.